The summed E-state index contributed by atoms with van der Waals surface area (Å²) in [6.45, 7) is 1.34. The van der Waals surface area contributed by atoms with Crippen molar-refractivity contribution in [3.8, 4) is 11.3 Å². The van der Waals surface area contributed by atoms with Gasteiger partial charge < -0.3 is 14.5 Å². The normalized spacial score (nSPS) is 13.5. The van der Waals surface area contributed by atoms with E-state index in [0.29, 0.717) is 6.54 Å². The molecule has 5 nitrogen and oxygen atoms in total. The standard InChI is InChI=1S/C19H20N4O/c24-19(14-22-10-5-6-11-22)21-16-8-2-1-7-15(16)17-13-23-12-4-3-9-18(23)20-17/h1-2,5-8,10-11,13H,3-4,9,12,14H2,(H,21,24). The second-order valence-corrected chi connectivity index (χ2v) is 6.14. The monoisotopic (exact) mass is 320 g/mol. The van der Waals surface area contributed by atoms with Crippen LogP contribution in [0, 0.1) is 0 Å². The second kappa shape index (κ2) is 6.35. The Kier molecular flexibility index (Phi) is 3.91. The maximum atomic E-state index is 12.3. The zero-order valence-electron chi connectivity index (χ0n) is 13.5. The van der Waals surface area contributed by atoms with Gasteiger partial charge in [-0.25, -0.2) is 4.98 Å². The van der Waals surface area contributed by atoms with Crippen LogP contribution in [0.15, 0.2) is 55.0 Å². The van der Waals surface area contributed by atoms with Gasteiger partial charge in [-0.1, -0.05) is 18.2 Å². The van der Waals surface area contributed by atoms with Crippen molar-refractivity contribution in [3.63, 3.8) is 0 Å². The number of aryl methyl sites for hydroxylation is 2. The lowest BCUT2D eigenvalue weighted by Gasteiger charge is -2.11. The number of fused-ring (bicyclic) bond motifs is 1. The first kappa shape index (κ1) is 14.8. The quantitative estimate of drug-likeness (QED) is 0.801. The third-order valence-electron chi connectivity index (χ3n) is 4.38. The highest BCUT2D eigenvalue weighted by molar-refractivity contribution is 5.94. The van der Waals surface area contributed by atoms with Crippen LogP contribution in [0.4, 0.5) is 5.69 Å². The van der Waals surface area contributed by atoms with Gasteiger partial charge in [-0.05, 0) is 31.0 Å². The molecule has 0 fully saturated rings. The van der Waals surface area contributed by atoms with Crippen LogP contribution in [0.5, 0.6) is 0 Å². The summed E-state index contributed by atoms with van der Waals surface area (Å²) in [5, 5.41) is 3.02. The maximum absolute atomic E-state index is 12.3. The van der Waals surface area contributed by atoms with Crippen molar-refractivity contribution in [2.75, 3.05) is 5.32 Å². The molecule has 2 aromatic heterocycles. The van der Waals surface area contributed by atoms with E-state index in [1.54, 1.807) is 0 Å². The fraction of sp³-hybridized carbons (Fsp3) is 0.263. The molecule has 0 atom stereocenters. The summed E-state index contributed by atoms with van der Waals surface area (Å²) < 4.78 is 4.09. The van der Waals surface area contributed by atoms with E-state index >= 15 is 0 Å². The third-order valence-corrected chi connectivity index (χ3v) is 4.38. The lowest BCUT2D eigenvalue weighted by Crippen LogP contribution is -2.18. The molecule has 122 valence electrons. The number of anilines is 1. The summed E-state index contributed by atoms with van der Waals surface area (Å²) in [7, 11) is 0. The molecular formula is C19H20N4O. The number of hydrogen-bond acceptors (Lipinski definition) is 2. The lowest BCUT2D eigenvalue weighted by atomic mass is 10.1. The Balaban J connectivity index is 1.58. The Morgan fingerprint density at radius 2 is 1.96 bits per heavy atom. The van der Waals surface area contributed by atoms with Crippen molar-refractivity contribution in [1.82, 2.24) is 14.1 Å². The molecule has 0 saturated carbocycles. The smallest absolute Gasteiger partial charge is 0.244 e. The Labute approximate surface area is 140 Å². The van der Waals surface area contributed by atoms with E-state index in [9.17, 15) is 4.79 Å². The first-order valence-electron chi connectivity index (χ1n) is 8.36. The molecule has 5 heteroatoms. The molecule has 0 unspecified atom stereocenters. The average Bonchev–Trinajstić information content (AvgIpc) is 3.24. The first-order valence-corrected chi connectivity index (χ1v) is 8.36. The average molecular weight is 320 g/mol. The minimum atomic E-state index is -0.0392. The van der Waals surface area contributed by atoms with E-state index in [1.807, 2.05) is 53.4 Å². The summed E-state index contributed by atoms with van der Waals surface area (Å²) in [6, 6.07) is 11.7. The van der Waals surface area contributed by atoms with Crippen LogP contribution in [0.1, 0.15) is 18.7 Å². The van der Waals surface area contributed by atoms with Crippen LogP contribution in [-0.4, -0.2) is 20.0 Å². The number of rotatable bonds is 4. The minimum Gasteiger partial charge on any atom is -0.345 e. The van der Waals surface area contributed by atoms with Crippen LogP contribution >= 0.6 is 0 Å². The number of benzene rings is 1. The van der Waals surface area contributed by atoms with Crippen LogP contribution in [0.3, 0.4) is 0 Å². The predicted octanol–water partition coefficient (Wildman–Crippen LogP) is 3.33. The fourth-order valence-corrected chi connectivity index (χ4v) is 3.19. The number of carbonyl (C=O) groups excluding carboxylic acids is 1. The van der Waals surface area contributed by atoms with E-state index in [2.05, 4.69) is 16.1 Å². The molecule has 0 spiro atoms. The highest BCUT2D eigenvalue weighted by atomic mass is 16.1. The van der Waals surface area contributed by atoms with Gasteiger partial charge in [0.25, 0.3) is 0 Å². The fourth-order valence-electron chi connectivity index (χ4n) is 3.19. The van der Waals surface area contributed by atoms with E-state index in [0.717, 1.165) is 35.7 Å². The topological polar surface area (TPSA) is 51.9 Å². The number of hydrogen-bond donors (Lipinski definition) is 1. The van der Waals surface area contributed by atoms with Crippen molar-refractivity contribution in [1.29, 1.82) is 0 Å². The van der Waals surface area contributed by atoms with Crippen LogP contribution in [0.25, 0.3) is 11.3 Å². The van der Waals surface area contributed by atoms with E-state index in [-0.39, 0.29) is 5.91 Å². The molecule has 0 radical (unpaired) electrons. The number of nitrogens with zero attached hydrogens (tertiary/aromatic N) is 3. The molecule has 1 aromatic carbocycles. The van der Waals surface area contributed by atoms with Gasteiger partial charge in [0.2, 0.25) is 5.91 Å². The van der Waals surface area contributed by atoms with Crippen molar-refractivity contribution < 1.29 is 4.79 Å². The van der Waals surface area contributed by atoms with Gasteiger partial charge in [-0.2, -0.15) is 0 Å². The third kappa shape index (κ3) is 2.97. The van der Waals surface area contributed by atoms with Crippen molar-refractivity contribution in [2.24, 2.45) is 0 Å². The van der Waals surface area contributed by atoms with Crippen molar-refractivity contribution >= 4 is 11.6 Å². The molecular weight excluding hydrogens is 300 g/mol. The zero-order chi connectivity index (χ0) is 16.4. The highest BCUT2D eigenvalue weighted by Crippen LogP contribution is 2.28. The molecule has 0 bridgehead atoms. The van der Waals surface area contributed by atoms with Gasteiger partial charge in [-0.3, -0.25) is 4.79 Å². The number of aromatic nitrogens is 3. The summed E-state index contributed by atoms with van der Waals surface area (Å²) in [5.41, 5.74) is 2.72. The van der Waals surface area contributed by atoms with E-state index < -0.39 is 0 Å². The Hall–Kier alpha value is -2.82. The van der Waals surface area contributed by atoms with Gasteiger partial charge in [0.1, 0.15) is 12.4 Å². The molecule has 1 N–H and O–H groups in total. The number of imidazole rings is 1. The van der Waals surface area contributed by atoms with Gasteiger partial charge in [0.15, 0.2) is 0 Å². The van der Waals surface area contributed by atoms with Crippen LogP contribution in [-0.2, 0) is 24.3 Å². The van der Waals surface area contributed by atoms with Gasteiger partial charge >= 0.3 is 0 Å². The van der Waals surface area contributed by atoms with Gasteiger partial charge in [-0.15, -0.1) is 0 Å². The zero-order valence-corrected chi connectivity index (χ0v) is 13.5. The molecule has 1 amide bonds. The summed E-state index contributed by atoms with van der Waals surface area (Å²) in [6.07, 6.45) is 9.31. The molecule has 1 aliphatic rings. The molecule has 0 saturated heterocycles. The first-order chi connectivity index (χ1) is 11.8. The van der Waals surface area contributed by atoms with Gasteiger partial charge in [0.05, 0.1) is 11.4 Å². The van der Waals surface area contributed by atoms with Crippen LogP contribution < -0.4 is 5.32 Å². The van der Waals surface area contributed by atoms with E-state index in [1.165, 1.54) is 12.8 Å². The molecule has 3 aromatic rings. The maximum Gasteiger partial charge on any atom is 0.244 e. The number of para-hydroxylation sites is 1. The van der Waals surface area contributed by atoms with Crippen LogP contribution in [0.2, 0.25) is 0 Å². The van der Waals surface area contributed by atoms with Crippen molar-refractivity contribution in [2.45, 2.75) is 32.4 Å². The molecule has 1 aliphatic heterocycles. The SMILES string of the molecule is O=C(Cn1cccc1)Nc1ccccc1-c1cn2c(n1)CCCC2. The highest BCUT2D eigenvalue weighted by Gasteiger charge is 2.16. The molecule has 24 heavy (non-hydrogen) atoms. The second-order valence-electron chi connectivity index (χ2n) is 6.14. The number of amides is 1. The Morgan fingerprint density at radius 3 is 2.79 bits per heavy atom. The Morgan fingerprint density at radius 1 is 1.12 bits per heavy atom. The lowest BCUT2D eigenvalue weighted by molar-refractivity contribution is -0.116. The minimum absolute atomic E-state index is 0.0392. The molecule has 3 heterocycles. The summed E-state index contributed by atoms with van der Waals surface area (Å²) >= 11 is 0. The van der Waals surface area contributed by atoms with E-state index in [4.69, 9.17) is 4.98 Å². The van der Waals surface area contributed by atoms with Gasteiger partial charge in [0, 0.05) is 37.1 Å². The predicted molar refractivity (Wildman–Crippen MR) is 93.7 cm³/mol. The van der Waals surface area contributed by atoms with Crippen molar-refractivity contribution in [3.05, 3.63) is 60.8 Å². The Bertz CT molecular complexity index is 825. The number of carbonyl (C=O) groups is 1. The largest absolute Gasteiger partial charge is 0.345 e. The summed E-state index contributed by atoms with van der Waals surface area (Å²) in [5.74, 6) is 1.10. The number of nitrogens with one attached hydrogen (secondary N) is 1. The molecule has 4 rings (SSSR count). The summed E-state index contributed by atoms with van der Waals surface area (Å²) in [4.78, 5) is 17.1. The molecule has 0 aliphatic carbocycles.